The Hall–Kier alpha value is -1.20. The predicted octanol–water partition coefficient (Wildman–Crippen LogP) is 3.85. The minimum absolute atomic E-state index is 0.0700. The van der Waals surface area contributed by atoms with Crippen LogP contribution in [0.15, 0.2) is 6.07 Å². The van der Waals surface area contributed by atoms with E-state index in [2.05, 4.69) is 36.1 Å². The summed E-state index contributed by atoms with van der Waals surface area (Å²) in [6.07, 6.45) is 4.45. The van der Waals surface area contributed by atoms with E-state index >= 15 is 0 Å². The van der Waals surface area contributed by atoms with Gasteiger partial charge >= 0.3 is 0 Å². The molecule has 0 bridgehead atoms. The molecule has 1 N–H and O–H groups in total. The summed E-state index contributed by atoms with van der Waals surface area (Å²) in [4.78, 5) is 8.83. The molecule has 1 unspecified atom stereocenters. The molecule has 24 heavy (non-hydrogen) atoms. The van der Waals surface area contributed by atoms with Crippen molar-refractivity contribution >= 4 is 5.95 Å². The van der Waals surface area contributed by atoms with Crippen molar-refractivity contribution in [3.63, 3.8) is 0 Å². The summed E-state index contributed by atoms with van der Waals surface area (Å²) in [5.74, 6) is 1.09. The second-order valence-corrected chi connectivity index (χ2v) is 8.46. The van der Waals surface area contributed by atoms with Gasteiger partial charge in [-0.15, -0.1) is 0 Å². The van der Waals surface area contributed by atoms with E-state index in [1.807, 2.05) is 19.9 Å². The molecule has 1 aliphatic heterocycles. The highest BCUT2D eigenvalue weighted by Crippen LogP contribution is 2.45. The zero-order valence-corrected chi connectivity index (χ0v) is 15.7. The second-order valence-electron chi connectivity index (χ2n) is 8.46. The molecule has 1 spiro atoms. The monoisotopic (exact) mass is 333 g/mol. The number of anilines is 1. The highest BCUT2D eigenvalue weighted by Gasteiger charge is 2.45. The first-order valence-corrected chi connectivity index (χ1v) is 9.14. The number of rotatable bonds is 3. The lowest BCUT2D eigenvalue weighted by Crippen LogP contribution is -2.39. The molecule has 5 nitrogen and oxygen atoms in total. The lowest BCUT2D eigenvalue weighted by molar-refractivity contribution is -0.195. The lowest BCUT2D eigenvalue weighted by atomic mass is 9.71. The van der Waals surface area contributed by atoms with Gasteiger partial charge in [0.05, 0.1) is 6.61 Å². The Balaban J connectivity index is 1.51. The molecule has 1 atom stereocenters. The van der Waals surface area contributed by atoms with Crippen LogP contribution in [0.2, 0.25) is 0 Å². The Morgan fingerprint density at radius 2 is 1.79 bits per heavy atom. The van der Waals surface area contributed by atoms with Gasteiger partial charge in [-0.2, -0.15) is 0 Å². The van der Waals surface area contributed by atoms with E-state index < -0.39 is 0 Å². The van der Waals surface area contributed by atoms with E-state index in [0.717, 1.165) is 30.1 Å². The minimum Gasteiger partial charge on any atom is -0.352 e. The van der Waals surface area contributed by atoms with Crippen molar-refractivity contribution < 1.29 is 9.47 Å². The van der Waals surface area contributed by atoms with E-state index in [0.29, 0.717) is 24.5 Å². The van der Waals surface area contributed by atoms with Crippen LogP contribution in [0.25, 0.3) is 0 Å². The van der Waals surface area contributed by atoms with Crippen molar-refractivity contribution in [2.45, 2.75) is 72.2 Å². The van der Waals surface area contributed by atoms with Crippen LogP contribution < -0.4 is 5.32 Å². The van der Waals surface area contributed by atoms with Crippen LogP contribution in [-0.4, -0.2) is 35.0 Å². The van der Waals surface area contributed by atoms with Crippen LogP contribution in [0, 0.1) is 25.2 Å². The number of hydrogen-bond acceptors (Lipinski definition) is 5. The van der Waals surface area contributed by atoms with Crippen molar-refractivity contribution in [2.75, 3.05) is 18.5 Å². The summed E-state index contributed by atoms with van der Waals surface area (Å²) in [6.45, 7) is 12.3. The average Bonchev–Trinajstić information content (AvgIpc) is 2.87. The van der Waals surface area contributed by atoms with Gasteiger partial charge in [-0.1, -0.05) is 20.8 Å². The second kappa shape index (κ2) is 6.60. The Bertz CT molecular complexity index is 554. The number of aromatic nitrogens is 2. The fourth-order valence-corrected chi connectivity index (χ4v) is 3.91. The van der Waals surface area contributed by atoms with E-state index in [4.69, 9.17) is 9.47 Å². The van der Waals surface area contributed by atoms with E-state index in [9.17, 15) is 0 Å². The maximum atomic E-state index is 6.29. The van der Waals surface area contributed by atoms with Gasteiger partial charge in [-0.3, -0.25) is 0 Å². The van der Waals surface area contributed by atoms with Gasteiger partial charge in [0.25, 0.3) is 0 Å². The zero-order chi connectivity index (χ0) is 17.4. The number of aryl methyl sites for hydroxylation is 2. The zero-order valence-electron chi connectivity index (χ0n) is 15.7. The molecule has 2 heterocycles. The number of ether oxygens (including phenoxy) is 2. The molecule has 1 saturated carbocycles. The molecule has 3 rings (SSSR count). The normalized spacial score (nSPS) is 30.7. The fraction of sp³-hybridized carbons (Fsp3) is 0.789. The molecule has 1 aromatic heterocycles. The van der Waals surface area contributed by atoms with Gasteiger partial charge in [-0.05, 0) is 44.1 Å². The molecule has 2 fully saturated rings. The van der Waals surface area contributed by atoms with Crippen LogP contribution in [0.5, 0.6) is 0 Å². The van der Waals surface area contributed by atoms with Crippen LogP contribution in [0.1, 0.15) is 57.8 Å². The average molecular weight is 333 g/mol. The molecule has 1 saturated heterocycles. The van der Waals surface area contributed by atoms with Crippen molar-refractivity contribution in [1.82, 2.24) is 9.97 Å². The minimum atomic E-state index is -0.350. The largest absolute Gasteiger partial charge is 0.352 e. The van der Waals surface area contributed by atoms with Gasteiger partial charge in [0.15, 0.2) is 5.79 Å². The first kappa shape index (κ1) is 17.6. The Kier molecular flexibility index (Phi) is 4.85. The summed E-state index contributed by atoms with van der Waals surface area (Å²) < 4.78 is 12.4. The molecule has 2 aliphatic rings. The maximum Gasteiger partial charge on any atom is 0.223 e. The molecule has 0 aromatic carbocycles. The quantitative estimate of drug-likeness (QED) is 0.910. The van der Waals surface area contributed by atoms with Crippen molar-refractivity contribution in [2.24, 2.45) is 11.3 Å². The molecular formula is C19H31N3O2. The third kappa shape index (κ3) is 4.06. The van der Waals surface area contributed by atoms with Crippen LogP contribution in [0.3, 0.4) is 0 Å². The Morgan fingerprint density at radius 1 is 1.17 bits per heavy atom. The van der Waals surface area contributed by atoms with Crippen LogP contribution in [0.4, 0.5) is 5.95 Å². The van der Waals surface area contributed by atoms with Gasteiger partial charge in [0, 0.05) is 30.8 Å². The van der Waals surface area contributed by atoms with Crippen molar-refractivity contribution in [3.8, 4) is 0 Å². The molecular weight excluding hydrogens is 302 g/mol. The number of hydrogen-bond donors (Lipinski definition) is 1. The molecule has 0 amide bonds. The smallest absolute Gasteiger partial charge is 0.223 e. The number of nitrogens with zero attached hydrogens (tertiary/aromatic N) is 2. The Morgan fingerprint density at radius 3 is 2.38 bits per heavy atom. The summed E-state index contributed by atoms with van der Waals surface area (Å²) in [6, 6.07) is 1.98. The molecule has 134 valence electrons. The first-order valence-electron chi connectivity index (χ1n) is 9.14. The van der Waals surface area contributed by atoms with Crippen LogP contribution in [-0.2, 0) is 9.47 Å². The van der Waals surface area contributed by atoms with Gasteiger partial charge in [-0.25, -0.2) is 9.97 Å². The van der Waals surface area contributed by atoms with Gasteiger partial charge in [0.1, 0.15) is 6.10 Å². The molecule has 5 heteroatoms. The third-order valence-corrected chi connectivity index (χ3v) is 5.36. The lowest BCUT2D eigenvalue weighted by Gasteiger charge is -2.41. The summed E-state index contributed by atoms with van der Waals surface area (Å²) >= 11 is 0. The third-order valence-electron chi connectivity index (χ3n) is 5.36. The molecule has 1 aromatic rings. The van der Waals surface area contributed by atoms with Crippen molar-refractivity contribution in [1.29, 1.82) is 0 Å². The summed E-state index contributed by atoms with van der Waals surface area (Å²) in [5, 5.41) is 3.30. The van der Waals surface area contributed by atoms with E-state index in [-0.39, 0.29) is 11.9 Å². The molecule has 0 radical (unpaired) electrons. The van der Waals surface area contributed by atoms with Crippen LogP contribution >= 0.6 is 0 Å². The highest BCUT2D eigenvalue weighted by molar-refractivity contribution is 5.27. The Labute approximate surface area is 145 Å². The fourth-order valence-electron chi connectivity index (χ4n) is 3.91. The summed E-state index contributed by atoms with van der Waals surface area (Å²) in [5.41, 5.74) is 2.33. The summed E-state index contributed by atoms with van der Waals surface area (Å²) in [7, 11) is 0. The standard InChI is InChI=1S/C19H31N3O2/c1-13-10-14(2)22-17(21-13)20-11-16-12-23-19(24-16)8-6-15(7-9-19)18(3,4)5/h10,15-16H,6-9,11-12H2,1-5H3,(H,20,21,22). The topological polar surface area (TPSA) is 56.3 Å². The van der Waals surface area contributed by atoms with Gasteiger partial charge in [0.2, 0.25) is 5.95 Å². The van der Waals surface area contributed by atoms with E-state index in [1.165, 1.54) is 12.8 Å². The molecule has 1 aliphatic carbocycles. The predicted molar refractivity (Wildman–Crippen MR) is 95.0 cm³/mol. The van der Waals surface area contributed by atoms with Gasteiger partial charge < -0.3 is 14.8 Å². The first-order chi connectivity index (χ1) is 11.3. The van der Waals surface area contributed by atoms with E-state index in [1.54, 1.807) is 0 Å². The highest BCUT2D eigenvalue weighted by atomic mass is 16.7. The SMILES string of the molecule is Cc1cc(C)nc(NCC2COC3(CCC(C(C)(C)C)CC3)O2)n1. The van der Waals surface area contributed by atoms with Crippen molar-refractivity contribution in [3.05, 3.63) is 17.5 Å². The number of nitrogens with one attached hydrogen (secondary N) is 1. The maximum absolute atomic E-state index is 6.29.